The summed E-state index contributed by atoms with van der Waals surface area (Å²) in [6, 6.07) is 3.90. The van der Waals surface area contributed by atoms with Gasteiger partial charge >= 0.3 is 12.0 Å². The molecule has 1 atom stereocenters. The molecule has 1 aromatic heterocycles. The minimum absolute atomic E-state index is 0.0498. The summed E-state index contributed by atoms with van der Waals surface area (Å²) in [5.41, 5.74) is 0. The predicted octanol–water partition coefficient (Wildman–Crippen LogP) is 2.14. The van der Waals surface area contributed by atoms with Crippen LogP contribution in [0.4, 0.5) is 4.79 Å². The fraction of sp³-hybridized carbons (Fsp3) is 0.538. The highest BCUT2D eigenvalue weighted by molar-refractivity contribution is 7.09. The van der Waals surface area contributed by atoms with Crippen molar-refractivity contribution in [3.8, 4) is 0 Å². The van der Waals surface area contributed by atoms with Crippen LogP contribution in [0, 0.1) is 5.92 Å². The summed E-state index contributed by atoms with van der Waals surface area (Å²) in [4.78, 5) is 25.4. The maximum atomic E-state index is 11.9. The lowest BCUT2D eigenvalue weighted by molar-refractivity contribution is -0.137. The van der Waals surface area contributed by atoms with Crippen molar-refractivity contribution in [2.45, 2.75) is 25.8 Å². The van der Waals surface area contributed by atoms with Crippen molar-refractivity contribution in [2.24, 2.45) is 5.92 Å². The van der Waals surface area contributed by atoms with Crippen LogP contribution in [-0.2, 0) is 11.3 Å². The lowest BCUT2D eigenvalue weighted by atomic mass is 10.0. The smallest absolute Gasteiger partial charge is 0.317 e. The molecule has 0 aromatic carbocycles. The summed E-state index contributed by atoms with van der Waals surface area (Å²) in [6.45, 7) is 1.96. The Bertz CT molecular complexity index is 433. The Morgan fingerprint density at radius 1 is 1.53 bits per heavy atom. The van der Waals surface area contributed by atoms with E-state index in [2.05, 4.69) is 5.32 Å². The first-order valence-electron chi connectivity index (χ1n) is 6.42. The number of carbonyl (C=O) groups excluding carboxylic acids is 1. The number of carboxylic acid groups (broad SMARTS) is 1. The third-order valence-corrected chi connectivity index (χ3v) is 4.21. The normalized spacial score (nSPS) is 18.5. The monoisotopic (exact) mass is 282 g/mol. The van der Waals surface area contributed by atoms with E-state index in [4.69, 9.17) is 5.11 Å². The molecule has 2 heterocycles. The van der Waals surface area contributed by atoms with Crippen molar-refractivity contribution in [3.05, 3.63) is 22.4 Å². The van der Waals surface area contributed by atoms with Gasteiger partial charge in [-0.15, -0.1) is 11.3 Å². The van der Waals surface area contributed by atoms with Gasteiger partial charge in [-0.05, 0) is 30.2 Å². The van der Waals surface area contributed by atoms with E-state index < -0.39 is 5.97 Å². The fourth-order valence-corrected chi connectivity index (χ4v) is 2.91. The topological polar surface area (TPSA) is 69.6 Å². The molecule has 2 amide bonds. The zero-order valence-corrected chi connectivity index (χ0v) is 11.5. The summed E-state index contributed by atoms with van der Waals surface area (Å²) in [5.74, 6) is -0.441. The summed E-state index contributed by atoms with van der Waals surface area (Å²) < 4.78 is 0. The van der Waals surface area contributed by atoms with Crippen LogP contribution in [0.2, 0.25) is 0 Å². The van der Waals surface area contributed by atoms with Crippen molar-refractivity contribution >= 4 is 23.3 Å². The van der Waals surface area contributed by atoms with Gasteiger partial charge in [0.15, 0.2) is 0 Å². The van der Waals surface area contributed by atoms with E-state index >= 15 is 0 Å². The summed E-state index contributed by atoms with van der Waals surface area (Å²) in [5, 5.41) is 13.5. The molecule has 1 unspecified atom stereocenters. The molecule has 0 bridgehead atoms. The van der Waals surface area contributed by atoms with Crippen LogP contribution >= 0.6 is 11.3 Å². The van der Waals surface area contributed by atoms with Gasteiger partial charge in [-0.2, -0.15) is 0 Å². The number of urea groups is 1. The molecule has 104 valence electrons. The number of carbonyl (C=O) groups is 2. The average Bonchev–Trinajstić information content (AvgIpc) is 3.04. The molecule has 2 rings (SSSR count). The Morgan fingerprint density at radius 3 is 3.05 bits per heavy atom. The summed E-state index contributed by atoms with van der Waals surface area (Å²) in [7, 11) is 0. The predicted molar refractivity (Wildman–Crippen MR) is 73.1 cm³/mol. The van der Waals surface area contributed by atoms with Crippen LogP contribution in [-0.4, -0.2) is 35.1 Å². The van der Waals surface area contributed by atoms with Gasteiger partial charge in [0, 0.05) is 24.4 Å². The summed E-state index contributed by atoms with van der Waals surface area (Å²) >= 11 is 1.62. The minimum Gasteiger partial charge on any atom is -0.481 e. The highest BCUT2D eigenvalue weighted by Crippen LogP contribution is 2.21. The zero-order chi connectivity index (χ0) is 13.7. The van der Waals surface area contributed by atoms with E-state index in [0.29, 0.717) is 25.4 Å². The molecule has 1 fully saturated rings. The molecule has 19 heavy (non-hydrogen) atoms. The van der Waals surface area contributed by atoms with Gasteiger partial charge in [0.25, 0.3) is 0 Å². The maximum absolute atomic E-state index is 11.9. The van der Waals surface area contributed by atoms with Crippen LogP contribution in [0.3, 0.4) is 0 Å². The van der Waals surface area contributed by atoms with E-state index in [1.807, 2.05) is 17.5 Å². The molecule has 0 radical (unpaired) electrons. The van der Waals surface area contributed by atoms with Crippen LogP contribution in [0.25, 0.3) is 0 Å². The molecule has 1 aromatic rings. The molecule has 1 saturated heterocycles. The number of thiophene rings is 1. The molecule has 0 aliphatic carbocycles. The van der Waals surface area contributed by atoms with E-state index in [0.717, 1.165) is 17.8 Å². The number of nitrogens with zero attached hydrogens (tertiary/aromatic N) is 1. The third kappa shape index (κ3) is 4.24. The van der Waals surface area contributed by atoms with Crippen LogP contribution in [0.15, 0.2) is 17.5 Å². The number of amides is 2. The Balaban J connectivity index is 1.71. The van der Waals surface area contributed by atoms with E-state index in [9.17, 15) is 9.59 Å². The van der Waals surface area contributed by atoms with Gasteiger partial charge in [-0.1, -0.05) is 6.07 Å². The first-order valence-corrected chi connectivity index (χ1v) is 7.30. The van der Waals surface area contributed by atoms with Crippen LogP contribution < -0.4 is 5.32 Å². The molecule has 6 heteroatoms. The number of rotatable bonds is 5. The molecule has 0 spiro atoms. The molecule has 0 saturated carbocycles. The highest BCUT2D eigenvalue weighted by Gasteiger charge is 2.26. The van der Waals surface area contributed by atoms with Crippen molar-refractivity contribution in [1.82, 2.24) is 10.2 Å². The molecular weight excluding hydrogens is 264 g/mol. The third-order valence-electron chi connectivity index (χ3n) is 3.33. The maximum Gasteiger partial charge on any atom is 0.317 e. The van der Waals surface area contributed by atoms with E-state index in [-0.39, 0.29) is 12.5 Å². The standard InChI is InChI=1S/C13H18N2O3S/c16-12(17)4-3-10-5-6-15(9-10)13(18)14-8-11-2-1-7-19-11/h1-2,7,10H,3-6,8-9H2,(H,14,18)(H,16,17). The molecule has 1 aliphatic rings. The lowest BCUT2D eigenvalue weighted by Gasteiger charge is -2.17. The van der Waals surface area contributed by atoms with Gasteiger partial charge in [-0.3, -0.25) is 4.79 Å². The van der Waals surface area contributed by atoms with Crippen molar-refractivity contribution in [1.29, 1.82) is 0 Å². The van der Waals surface area contributed by atoms with Crippen molar-refractivity contribution in [2.75, 3.05) is 13.1 Å². The number of likely N-dealkylation sites (tertiary alicyclic amines) is 1. The number of carboxylic acids is 1. The van der Waals surface area contributed by atoms with Crippen LogP contribution in [0.5, 0.6) is 0 Å². The largest absolute Gasteiger partial charge is 0.481 e. The highest BCUT2D eigenvalue weighted by atomic mass is 32.1. The van der Waals surface area contributed by atoms with Crippen LogP contribution in [0.1, 0.15) is 24.1 Å². The van der Waals surface area contributed by atoms with E-state index in [1.165, 1.54) is 0 Å². The lowest BCUT2D eigenvalue weighted by Crippen LogP contribution is -2.37. The SMILES string of the molecule is O=C(O)CCC1CCN(C(=O)NCc2cccs2)C1. The molecule has 1 aliphatic heterocycles. The number of hydrogen-bond acceptors (Lipinski definition) is 3. The first kappa shape index (κ1) is 13.9. The second-order valence-corrected chi connectivity index (χ2v) is 5.80. The number of nitrogens with one attached hydrogen (secondary N) is 1. The second kappa shape index (κ2) is 6.56. The first-order chi connectivity index (χ1) is 9.15. The van der Waals surface area contributed by atoms with E-state index in [1.54, 1.807) is 16.2 Å². The average molecular weight is 282 g/mol. The molecule has 2 N–H and O–H groups in total. The van der Waals surface area contributed by atoms with Crippen molar-refractivity contribution in [3.63, 3.8) is 0 Å². The molecule has 5 nitrogen and oxygen atoms in total. The number of hydrogen-bond donors (Lipinski definition) is 2. The fourth-order valence-electron chi connectivity index (χ4n) is 2.27. The van der Waals surface area contributed by atoms with Gasteiger partial charge in [0.2, 0.25) is 0 Å². The van der Waals surface area contributed by atoms with Gasteiger partial charge in [0.1, 0.15) is 0 Å². The Kier molecular flexibility index (Phi) is 4.79. The minimum atomic E-state index is -0.763. The zero-order valence-electron chi connectivity index (χ0n) is 10.7. The second-order valence-electron chi connectivity index (χ2n) is 4.77. The Hall–Kier alpha value is -1.56. The van der Waals surface area contributed by atoms with Gasteiger partial charge in [-0.25, -0.2) is 4.79 Å². The Morgan fingerprint density at radius 2 is 2.37 bits per heavy atom. The molecular formula is C13H18N2O3S. The summed E-state index contributed by atoms with van der Waals surface area (Å²) in [6.07, 6.45) is 1.75. The quantitative estimate of drug-likeness (QED) is 0.869. The number of aliphatic carboxylic acids is 1. The Labute approximate surface area is 116 Å². The van der Waals surface area contributed by atoms with Gasteiger partial charge < -0.3 is 15.3 Å². The van der Waals surface area contributed by atoms with Crippen molar-refractivity contribution < 1.29 is 14.7 Å². The van der Waals surface area contributed by atoms with Gasteiger partial charge in [0.05, 0.1) is 6.54 Å².